The molecule has 0 aromatic heterocycles. The third kappa shape index (κ3) is 3.46. The fraction of sp³-hybridized carbons (Fsp3) is 0.967. The number of aliphatic hydroxyl groups is 1. The Morgan fingerprint density at radius 1 is 1.00 bits per heavy atom. The van der Waals surface area contributed by atoms with E-state index in [1.54, 1.807) is 0 Å². The third-order valence-corrected chi connectivity index (χ3v) is 12.4. The number of hydrogen-bond donors (Lipinski definition) is 1. The van der Waals surface area contributed by atoms with E-state index in [1.807, 2.05) is 0 Å². The number of hydrogen-bond acceptors (Lipinski definition) is 5. The number of fused-ring (bicyclic) bond motifs is 7. The highest BCUT2D eigenvalue weighted by Crippen LogP contribution is 2.73. The van der Waals surface area contributed by atoms with E-state index < -0.39 is 11.4 Å². The Balaban J connectivity index is 1.28. The van der Waals surface area contributed by atoms with Gasteiger partial charge in [-0.3, -0.25) is 4.79 Å². The highest BCUT2D eigenvalue weighted by Gasteiger charge is 2.72. The molecule has 0 unspecified atom stereocenters. The van der Waals surface area contributed by atoms with Crippen molar-refractivity contribution < 1.29 is 24.1 Å². The Bertz CT molecular complexity index is 861. The van der Waals surface area contributed by atoms with Crippen LogP contribution in [0.4, 0.5) is 0 Å². The van der Waals surface area contributed by atoms with E-state index in [-0.39, 0.29) is 29.0 Å². The first-order chi connectivity index (χ1) is 16.4. The molecule has 35 heavy (non-hydrogen) atoms. The van der Waals surface area contributed by atoms with Gasteiger partial charge in [-0.25, -0.2) is 0 Å². The Morgan fingerprint density at radius 3 is 2.46 bits per heavy atom. The van der Waals surface area contributed by atoms with Gasteiger partial charge in [0.1, 0.15) is 6.10 Å². The van der Waals surface area contributed by atoms with E-state index >= 15 is 0 Å². The van der Waals surface area contributed by atoms with Crippen LogP contribution in [-0.2, 0) is 19.0 Å². The standard InChI is InChI=1S/C30H48O5/c1-17-9-12-30(33-15-17)18(2)25-24(35-30)14-23-22-8-7-20-13-21(34-19(3)31)10-11-27(20,4)26(22)29(6,32)16-28(23,25)5/h17-18,20-26,32H,7-16H2,1-6H3/t17-,18+,20+,21-,22+,23-,24-,25-,26-,27-,28-,29-,30+/m0/s1. The number of carbonyl (C=O) groups is 1. The molecule has 0 aromatic rings. The Kier molecular flexibility index (Phi) is 5.59. The van der Waals surface area contributed by atoms with Crippen molar-refractivity contribution in [3.63, 3.8) is 0 Å². The minimum Gasteiger partial charge on any atom is -0.463 e. The highest BCUT2D eigenvalue weighted by molar-refractivity contribution is 5.66. The van der Waals surface area contributed by atoms with Gasteiger partial charge in [-0.1, -0.05) is 27.7 Å². The molecule has 5 nitrogen and oxygen atoms in total. The molecule has 0 amide bonds. The van der Waals surface area contributed by atoms with Crippen LogP contribution in [0.15, 0.2) is 0 Å². The van der Waals surface area contributed by atoms with E-state index in [0.717, 1.165) is 45.1 Å². The molecular weight excluding hydrogens is 440 g/mol. The minimum atomic E-state index is -0.691. The molecule has 13 atom stereocenters. The molecular formula is C30H48O5. The molecule has 4 aliphatic carbocycles. The van der Waals surface area contributed by atoms with Crippen molar-refractivity contribution in [1.82, 2.24) is 0 Å². The molecule has 0 bridgehead atoms. The average molecular weight is 489 g/mol. The number of rotatable bonds is 1. The lowest BCUT2D eigenvalue weighted by Crippen LogP contribution is -2.64. The molecule has 2 aliphatic heterocycles. The van der Waals surface area contributed by atoms with Crippen molar-refractivity contribution in [3.05, 3.63) is 0 Å². The van der Waals surface area contributed by atoms with Crippen LogP contribution in [0.2, 0.25) is 0 Å². The summed E-state index contributed by atoms with van der Waals surface area (Å²) in [7, 11) is 0. The van der Waals surface area contributed by atoms with Gasteiger partial charge in [-0.15, -0.1) is 0 Å². The van der Waals surface area contributed by atoms with Crippen LogP contribution in [0.5, 0.6) is 0 Å². The topological polar surface area (TPSA) is 65.0 Å². The molecule has 2 heterocycles. The highest BCUT2D eigenvalue weighted by atomic mass is 16.7. The van der Waals surface area contributed by atoms with Crippen LogP contribution in [-0.4, -0.2) is 41.3 Å². The van der Waals surface area contributed by atoms with Crippen LogP contribution >= 0.6 is 0 Å². The van der Waals surface area contributed by atoms with Gasteiger partial charge >= 0.3 is 5.97 Å². The quantitative estimate of drug-likeness (QED) is 0.478. The maximum Gasteiger partial charge on any atom is 0.302 e. The van der Waals surface area contributed by atoms with Gasteiger partial charge in [0.2, 0.25) is 0 Å². The Morgan fingerprint density at radius 2 is 1.77 bits per heavy atom. The van der Waals surface area contributed by atoms with Crippen LogP contribution < -0.4 is 0 Å². The first-order valence-electron chi connectivity index (χ1n) is 14.6. The van der Waals surface area contributed by atoms with E-state index in [2.05, 4.69) is 34.6 Å². The normalized spacial score (nSPS) is 59.3. The summed E-state index contributed by atoms with van der Waals surface area (Å²) in [5.41, 5.74) is -0.495. The van der Waals surface area contributed by atoms with Crippen molar-refractivity contribution in [1.29, 1.82) is 0 Å². The smallest absolute Gasteiger partial charge is 0.302 e. The summed E-state index contributed by atoms with van der Waals surface area (Å²) in [6.45, 7) is 14.1. The zero-order chi connectivity index (χ0) is 25.0. The van der Waals surface area contributed by atoms with Crippen LogP contribution in [0.25, 0.3) is 0 Å². The van der Waals surface area contributed by atoms with Crippen LogP contribution in [0, 0.1) is 52.3 Å². The van der Waals surface area contributed by atoms with Gasteiger partial charge in [0.05, 0.1) is 18.3 Å². The van der Waals surface area contributed by atoms with Gasteiger partial charge in [0.15, 0.2) is 5.79 Å². The van der Waals surface area contributed by atoms with Crippen molar-refractivity contribution >= 4 is 5.97 Å². The van der Waals surface area contributed by atoms with Gasteiger partial charge in [-0.2, -0.15) is 0 Å². The fourth-order valence-electron chi connectivity index (χ4n) is 11.4. The van der Waals surface area contributed by atoms with Gasteiger partial charge in [0, 0.05) is 19.3 Å². The van der Waals surface area contributed by atoms with E-state index in [0.29, 0.717) is 41.4 Å². The predicted molar refractivity (Wildman–Crippen MR) is 133 cm³/mol. The molecule has 0 radical (unpaired) electrons. The molecule has 6 aliphatic rings. The second-order valence-electron chi connectivity index (χ2n) is 14.5. The van der Waals surface area contributed by atoms with E-state index in [1.165, 1.54) is 26.2 Å². The van der Waals surface area contributed by atoms with Crippen molar-refractivity contribution in [2.45, 2.75) is 123 Å². The van der Waals surface area contributed by atoms with Crippen molar-refractivity contribution in [2.75, 3.05) is 6.61 Å². The lowest BCUT2D eigenvalue weighted by molar-refractivity contribution is -0.276. The number of carbonyl (C=O) groups excluding carboxylic acids is 1. The lowest BCUT2D eigenvalue weighted by Gasteiger charge is -2.65. The summed E-state index contributed by atoms with van der Waals surface area (Å²) in [6.07, 6.45) is 9.79. The summed E-state index contributed by atoms with van der Waals surface area (Å²) in [6, 6.07) is 0. The number of ether oxygens (including phenoxy) is 3. The maximum atomic E-state index is 12.3. The number of esters is 1. The van der Waals surface area contributed by atoms with Crippen molar-refractivity contribution in [3.8, 4) is 0 Å². The van der Waals surface area contributed by atoms with Crippen LogP contribution in [0.1, 0.15) is 99.3 Å². The SMILES string of the molecule is CC(=O)O[C@H]1CC[C@@]2(C)[C@H](CC[C@@H]3[C@@H]4C[C@@H]5O[C@]6(CC[C@H](C)CO6)[C@H](C)[C@@H]5[C@@]4(C)C[C@](C)(O)[C@@H]32)C1. The lowest BCUT2D eigenvalue weighted by atomic mass is 9.41. The maximum absolute atomic E-state index is 12.3. The van der Waals surface area contributed by atoms with E-state index in [4.69, 9.17) is 14.2 Å². The first-order valence-corrected chi connectivity index (χ1v) is 14.6. The van der Waals surface area contributed by atoms with Crippen LogP contribution in [0.3, 0.4) is 0 Å². The third-order valence-electron chi connectivity index (χ3n) is 12.4. The van der Waals surface area contributed by atoms with Crippen molar-refractivity contribution in [2.24, 2.45) is 52.3 Å². The molecule has 0 aromatic carbocycles. The zero-order valence-electron chi connectivity index (χ0n) is 22.8. The molecule has 198 valence electrons. The Hall–Kier alpha value is -0.650. The average Bonchev–Trinajstić information content (AvgIpc) is 3.19. The second-order valence-corrected chi connectivity index (χ2v) is 14.5. The first kappa shape index (κ1) is 24.7. The zero-order valence-corrected chi connectivity index (χ0v) is 22.8. The van der Waals surface area contributed by atoms with Gasteiger partial charge in [-0.05, 0) is 105 Å². The summed E-state index contributed by atoms with van der Waals surface area (Å²) in [5, 5.41) is 12.3. The van der Waals surface area contributed by atoms with Gasteiger partial charge in [0.25, 0.3) is 0 Å². The minimum absolute atomic E-state index is 0.0513. The molecule has 1 N–H and O–H groups in total. The molecule has 4 saturated carbocycles. The van der Waals surface area contributed by atoms with E-state index in [9.17, 15) is 9.90 Å². The molecule has 6 fully saturated rings. The molecule has 2 saturated heterocycles. The molecule has 5 heteroatoms. The summed E-state index contributed by atoms with van der Waals surface area (Å²) < 4.78 is 19.0. The summed E-state index contributed by atoms with van der Waals surface area (Å²) >= 11 is 0. The van der Waals surface area contributed by atoms with Gasteiger partial charge < -0.3 is 19.3 Å². The fourth-order valence-corrected chi connectivity index (χ4v) is 11.4. The monoisotopic (exact) mass is 488 g/mol. The predicted octanol–water partition coefficient (Wildman–Crippen LogP) is 5.73. The molecule has 1 spiro atoms. The summed E-state index contributed by atoms with van der Waals surface area (Å²) in [5.74, 6) is 2.85. The largest absolute Gasteiger partial charge is 0.463 e. The second kappa shape index (κ2) is 7.93. The molecule has 6 rings (SSSR count). The Labute approximate surface area is 212 Å². The summed E-state index contributed by atoms with van der Waals surface area (Å²) in [4.78, 5) is 11.6.